The lowest BCUT2D eigenvalue weighted by atomic mass is 9.95. The minimum absolute atomic E-state index is 0.0488. The predicted molar refractivity (Wildman–Crippen MR) is 120 cm³/mol. The zero-order chi connectivity index (χ0) is 22.8. The fraction of sp³-hybridized carbons (Fsp3) is 0.154. The van der Waals surface area contributed by atoms with E-state index in [2.05, 4.69) is 0 Å². The Morgan fingerprint density at radius 2 is 1.72 bits per heavy atom. The molecule has 0 radical (unpaired) electrons. The molecular formula is C26H22FNO4. The van der Waals surface area contributed by atoms with Crippen molar-refractivity contribution in [2.24, 2.45) is 0 Å². The minimum atomic E-state index is -0.850. The summed E-state index contributed by atoms with van der Waals surface area (Å²) < 4.78 is 18.9. The fourth-order valence-corrected chi connectivity index (χ4v) is 3.87. The number of Topliss-reactive ketones (excluding diaryl/α,β-unsaturated/α-hetero) is 1. The molecule has 5 nitrogen and oxygen atoms in total. The lowest BCUT2D eigenvalue weighted by Crippen LogP contribution is -2.29. The molecule has 32 heavy (non-hydrogen) atoms. The average molecular weight is 431 g/mol. The molecule has 3 aromatic rings. The summed E-state index contributed by atoms with van der Waals surface area (Å²) in [5, 5.41) is 11.0. The molecule has 1 amide bonds. The van der Waals surface area contributed by atoms with Gasteiger partial charge in [-0.15, -0.1) is 0 Å². The molecule has 3 aromatic carbocycles. The van der Waals surface area contributed by atoms with Crippen LogP contribution in [0.5, 0.6) is 5.75 Å². The second-order valence-corrected chi connectivity index (χ2v) is 7.52. The molecule has 1 N–H and O–H groups in total. The van der Waals surface area contributed by atoms with Gasteiger partial charge in [0, 0.05) is 11.3 Å². The number of aliphatic hydroxyl groups excluding tert-OH is 1. The first-order valence-corrected chi connectivity index (χ1v) is 10.3. The molecule has 0 aliphatic carbocycles. The molecule has 6 heteroatoms. The van der Waals surface area contributed by atoms with Crippen molar-refractivity contribution < 1.29 is 23.8 Å². The summed E-state index contributed by atoms with van der Waals surface area (Å²) in [5.41, 5.74) is 2.31. The van der Waals surface area contributed by atoms with Crippen LogP contribution >= 0.6 is 0 Å². The van der Waals surface area contributed by atoms with Crippen molar-refractivity contribution in [1.82, 2.24) is 0 Å². The Morgan fingerprint density at radius 1 is 1.03 bits per heavy atom. The first kappa shape index (κ1) is 21.3. The van der Waals surface area contributed by atoms with E-state index >= 15 is 0 Å². The molecule has 0 bridgehead atoms. The van der Waals surface area contributed by atoms with Gasteiger partial charge >= 0.3 is 0 Å². The lowest BCUT2D eigenvalue weighted by Gasteiger charge is -2.26. The van der Waals surface area contributed by atoms with E-state index in [-0.39, 0.29) is 16.9 Å². The molecule has 0 spiro atoms. The Kier molecular flexibility index (Phi) is 5.77. The van der Waals surface area contributed by atoms with E-state index < -0.39 is 23.5 Å². The molecule has 162 valence electrons. The fourth-order valence-electron chi connectivity index (χ4n) is 3.87. The van der Waals surface area contributed by atoms with Gasteiger partial charge in [0.15, 0.2) is 0 Å². The topological polar surface area (TPSA) is 66.8 Å². The largest absolute Gasteiger partial charge is 0.507 e. The van der Waals surface area contributed by atoms with E-state index in [4.69, 9.17) is 4.74 Å². The normalized spacial score (nSPS) is 17.6. The Labute approximate surface area is 185 Å². The van der Waals surface area contributed by atoms with Crippen LogP contribution in [-0.2, 0) is 9.59 Å². The number of carbonyl (C=O) groups excluding carboxylic acids is 2. The number of aliphatic hydroxyl groups is 1. The van der Waals surface area contributed by atoms with Crippen LogP contribution in [0.1, 0.15) is 29.7 Å². The van der Waals surface area contributed by atoms with E-state index in [1.165, 1.54) is 29.2 Å². The Bertz CT molecular complexity index is 1200. The van der Waals surface area contributed by atoms with Crippen molar-refractivity contribution in [3.63, 3.8) is 0 Å². The Hall–Kier alpha value is -3.93. The van der Waals surface area contributed by atoms with Crippen LogP contribution in [0.3, 0.4) is 0 Å². The van der Waals surface area contributed by atoms with Gasteiger partial charge in [0.05, 0.1) is 18.2 Å². The molecular weight excluding hydrogens is 409 g/mol. The highest BCUT2D eigenvalue weighted by molar-refractivity contribution is 6.51. The van der Waals surface area contributed by atoms with Gasteiger partial charge in [-0.05, 0) is 73.5 Å². The van der Waals surface area contributed by atoms with Crippen LogP contribution < -0.4 is 9.64 Å². The maximum Gasteiger partial charge on any atom is 0.300 e. The van der Waals surface area contributed by atoms with Gasteiger partial charge < -0.3 is 9.84 Å². The quantitative estimate of drug-likeness (QED) is 0.344. The smallest absolute Gasteiger partial charge is 0.300 e. The lowest BCUT2D eigenvalue weighted by molar-refractivity contribution is -0.132. The summed E-state index contributed by atoms with van der Waals surface area (Å²) in [4.78, 5) is 27.6. The standard InChI is InChI=1S/C26H22FNO4/c1-3-32-21-13-9-17(10-14-21)23-22(24(29)18-7-11-19(27)12-8-18)25(30)26(31)28(23)20-6-4-5-16(2)15-20/h4-15,23,29H,3H2,1-2H3/b24-22+. The third-order valence-corrected chi connectivity index (χ3v) is 5.35. The van der Waals surface area contributed by atoms with Crippen molar-refractivity contribution >= 4 is 23.1 Å². The molecule has 1 unspecified atom stereocenters. The molecule has 1 aliphatic heterocycles. The number of hydrogen-bond donors (Lipinski definition) is 1. The molecule has 4 rings (SSSR count). The molecule has 0 saturated carbocycles. The molecule has 1 fully saturated rings. The first-order chi connectivity index (χ1) is 15.4. The molecule has 1 aliphatic rings. The number of benzene rings is 3. The van der Waals surface area contributed by atoms with Crippen LogP contribution in [0.4, 0.5) is 10.1 Å². The summed E-state index contributed by atoms with van der Waals surface area (Å²) >= 11 is 0. The van der Waals surface area contributed by atoms with E-state index in [0.29, 0.717) is 23.6 Å². The van der Waals surface area contributed by atoms with Gasteiger partial charge in [-0.2, -0.15) is 0 Å². The van der Waals surface area contributed by atoms with Crippen molar-refractivity contribution in [1.29, 1.82) is 0 Å². The number of amides is 1. The van der Waals surface area contributed by atoms with Crippen LogP contribution in [0, 0.1) is 12.7 Å². The zero-order valence-electron chi connectivity index (χ0n) is 17.7. The van der Waals surface area contributed by atoms with E-state index in [1.807, 2.05) is 26.0 Å². The number of halogens is 1. The van der Waals surface area contributed by atoms with E-state index in [1.54, 1.807) is 36.4 Å². The zero-order valence-corrected chi connectivity index (χ0v) is 17.7. The Balaban J connectivity index is 1.91. The highest BCUT2D eigenvalue weighted by Gasteiger charge is 2.47. The van der Waals surface area contributed by atoms with E-state index in [9.17, 15) is 19.1 Å². The highest BCUT2D eigenvalue weighted by Crippen LogP contribution is 2.42. The van der Waals surface area contributed by atoms with Crippen molar-refractivity contribution in [3.05, 3.63) is 101 Å². The molecule has 1 heterocycles. The van der Waals surface area contributed by atoms with Gasteiger partial charge in [0.25, 0.3) is 11.7 Å². The van der Waals surface area contributed by atoms with Gasteiger partial charge in [-0.1, -0.05) is 24.3 Å². The van der Waals surface area contributed by atoms with Crippen LogP contribution in [0.25, 0.3) is 5.76 Å². The summed E-state index contributed by atoms with van der Waals surface area (Å²) in [7, 11) is 0. The summed E-state index contributed by atoms with van der Waals surface area (Å²) in [6.45, 7) is 4.28. The van der Waals surface area contributed by atoms with E-state index in [0.717, 1.165) is 5.56 Å². The number of aryl methyl sites for hydroxylation is 1. The van der Waals surface area contributed by atoms with Crippen LogP contribution in [-0.4, -0.2) is 23.4 Å². The molecule has 1 atom stereocenters. The summed E-state index contributed by atoms with van der Waals surface area (Å²) in [5.74, 6) is -1.70. The molecule has 0 aromatic heterocycles. The molecule has 1 saturated heterocycles. The number of nitrogens with zero attached hydrogens (tertiary/aromatic N) is 1. The van der Waals surface area contributed by atoms with Gasteiger partial charge in [-0.3, -0.25) is 14.5 Å². The predicted octanol–water partition coefficient (Wildman–Crippen LogP) is 5.16. The van der Waals surface area contributed by atoms with Crippen molar-refractivity contribution in [2.45, 2.75) is 19.9 Å². The number of ether oxygens (including phenoxy) is 1. The van der Waals surface area contributed by atoms with Crippen LogP contribution in [0.2, 0.25) is 0 Å². The summed E-state index contributed by atoms with van der Waals surface area (Å²) in [6, 6.07) is 18.6. The van der Waals surface area contributed by atoms with Crippen LogP contribution in [0.15, 0.2) is 78.4 Å². The van der Waals surface area contributed by atoms with Gasteiger partial charge in [0.2, 0.25) is 0 Å². The number of hydrogen-bond acceptors (Lipinski definition) is 4. The highest BCUT2D eigenvalue weighted by atomic mass is 19.1. The second-order valence-electron chi connectivity index (χ2n) is 7.52. The maximum absolute atomic E-state index is 13.4. The number of anilines is 1. The maximum atomic E-state index is 13.4. The van der Waals surface area contributed by atoms with Crippen molar-refractivity contribution in [2.75, 3.05) is 11.5 Å². The van der Waals surface area contributed by atoms with Gasteiger partial charge in [-0.25, -0.2) is 4.39 Å². The Morgan fingerprint density at radius 3 is 2.34 bits per heavy atom. The monoisotopic (exact) mass is 431 g/mol. The number of carbonyl (C=O) groups is 2. The first-order valence-electron chi connectivity index (χ1n) is 10.3. The number of ketones is 1. The summed E-state index contributed by atoms with van der Waals surface area (Å²) in [6.07, 6.45) is 0. The number of rotatable bonds is 5. The average Bonchev–Trinajstić information content (AvgIpc) is 3.05. The SMILES string of the molecule is CCOc1ccc(C2/C(=C(\O)c3ccc(F)cc3)C(=O)C(=O)N2c2cccc(C)c2)cc1. The van der Waals surface area contributed by atoms with Gasteiger partial charge in [0.1, 0.15) is 17.3 Å². The minimum Gasteiger partial charge on any atom is -0.507 e. The second kappa shape index (κ2) is 8.67. The third-order valence-electron chi connectivity index (χ3n) is 5.35. The van der Waals surface area contributed by atoms with Crippen molar-refractivity contribution in [3.8, 4) is 5.75 Å². The third kappa shape index (κ3) is 3.87.